The fourth-order valence-electron chi connectivity index (χ4n) is 8.58. The van der Waals surface area contributed by atoms with Crippen LogP contribution in [0.25, 0.3) is 0 Å². The maximum atomic E-state index is 14.6. The standard InChI is InChI=1S/C37H69F2N5O7S2/c1-6-9-17-44(41-52(48,49)26-27-13-11-10-12-14-27)25-35(45)34(20-28-18-31(38)24-32(39)19-28)40-36(46)29-21-30(37(47)43(15-7-2)16-8-3)23-33(22-29)53(50,51)42(4)5/h27-35,41,45H,6-26H2,1-5H3,(H,40,46). The van der Waals surface area contributed by atoms with Crippen LogP contribution in [0.3, 0.4) is 0 Å². The molecule has 0 radical (unpaired) electrons. The Kier molecular flexibility index (Phi) is 18.8. The summed E-state index contributed by atoms with van der Waals surface area (Å²) in [5.41, 5.74) is 0. The highest BCUT2D eigenvalue weighted by Gasteiger charge is 2.44. The van der Waals surface area contributed by atoms with Crippen molar-refractivity contribution in [3.8, 4) is 0 Å². The SMILES string of the molecule is CCCCN(CC(O)C(CC1CC(F)CC(F)C1)NC(=O)C1CC(C(=O)N(CCC)CCC)CC(S(=O)(=O)N(C)C)C1)NS(=O)(=O)CC1CCCCC1. The van der Waals surface area contributed by atoms with Crippen molar-refractivity contribution in [1.82, 2.24) is 24.4 Å². The average Bonchev–Trinajstić information content (AvgIpc) is 3.09. The maximum Gasteiger partial charge on any atom is 0.225 e. The third kappa shape index (κ3) is 14.5. The minimum atomic E-state index is -3.84. The van der Waals surface area contributed by atoms with Gasteiger partial charge in [-0.25, -0.2) is 34.9 Å². The molecular weight excluding hydrogens is 729 g/mol. The fourth-order valence-corrected chi connectivity index (χ4v) is 11.7. The van der Waals surface area contributed by atoms with Crippen LogP contribution in [-0.2, 0) is 29.6 Å². The van der Waals surface area contributed by atoms with E-state index in [1.807, 2.05) is 20.8 Å². The van der Waals surface area contributed by atoms with Gasteiger partial charge in [-0.1, -0.05) is 46.5 Å². The van der Waals surface area contributed by atoms with Crippen LogP contribution in [0, 0.1) is 23.7 Å². The van der Waals surface area contributed by atoms with Gasteiger partial charge >= 0.3 is 0 Å². The lowest BCUT2D eigenvalue weighted by atomic mass is 9.79. The summed E-state index contributed by atoms with van der Waals surface area (Å²) in [5, 5.41) is 15.2. The van der Waals surface area contributed by atoms with Crippen LogP contribution in [-0.4, -0.2) is 124 Å². The van der Waals surface area contributed by atoms with Crippen molar-refractivity contribution in [1.29, 1.82) is 0 Å². The zero-order valence-electron chi connectivity index (χ0n) is 32.9. The highest BCUT2D eigenvalue weighted by Crippen LogP contribution is 2.37. The summed E-state index contributed by atoms with van der Waals surface area (Å²) in [4.78, 5) is 32.4. The quantitative estimate of drug-likeness (QED) is 0.143. The molecule has 7 atom stereocenters. The second-order valence-electron chi connectivity index (χ2n) is 16.2. The second-order valence-corrected chi connectivity index (χ2v) is 20.4. The summed E-state index contributed by atoms with van der Waals surface area (Å²) in [5.74, 6) is -2.75. The molecule has 3 aliphatic rings. The molecule has 3 saturated carbocycles. The molecule has 0 aromatic carbocycles. The first-order valence-electron chi connectivity index (χ1n) is 20.2. The highest BCUT2D eigenvalue weighted by molar-refractivity contribution is 7.89. The monoisotopic (exact) mass is 797 g/mol. The number of sulfonamides is 2. The molecule has 12 nitrogen and oxygen atoms in total. The fraction of sp³-hybridized carbons (Fsp3) is 0.946. The Hall–Kier alpha value is -1.46. The molecule has 3 fully saturated rings. The van der Waals surface area contributed by atoms with Crippen LogP contribution in [0.5, 0.6) is 0 Å². The number of aliphatic hydroxyl groups excluding tert-OH is 1. The van der Waals surface area contributed by atoms with E-state index in [0.29, 0.717) is 26.1 Å². The minimum Gasteiger partial charge on any atom is -0.390 e. The zero-order chi connectivity index (χ0) is 39.3. The first-order chi connectivity index (χ1) is 25.0. The number of carbonyl (C=O) groups is 2. The van der Waals surface area contributed by atoms with Crippen LogP contribution in [0.1, 0.15) is 124 Å². The molecule has 0 aliphatic heterocycles. The molecule has 3 aliphatic carbocycles. The van der Waals surface area contributed by atoms with Gasteiger partial charge in [0.05, 0.1) is 23.1 Å². The summed E-state index contributed by atoms with van der Waals surface area (Å²) in [7, 11) is -4.72. The Morgan fingerprint density at radius 3 is 1.96 bits per heavy atom. The lowest BCUT2D eigenvalue weighted by Gasteiger charge is -2.38. The first-order valence-corrected chi connectivity index (χ1v) is 23.4. The van der Waals surface area contributed by atoms with Gasteiger partial charge in [-0.05, 0) is 82.5 Å². The van der Waals surface area contributed by atoms with Crippen LogP contribution >= 0.6 is 0 Å². The molecule has 0 bridgehead atoms. The van der Waals surface area contributed by atoms with Gasteiger partial charge in [-0.15, -0.1) is 4.83 Å². The normalized spacial score (nSPS) is 27.4. The van der Waals surface area contributed by atoms with Crippen molar-refractivity contribution in [2.24, 2.45) is 23.7 Å². The number of halogens is 2. The summed E-state index contributed by atoms with van der Waals surface area (Å²) in [6.07, 6.45) is 3.79. The molecule has 16 heteroatoms. The van der Waals surface area contributed by atoms with Crippen LogP contribution < -0.4 is 10.1 Å². The van der Waals surface area contributed by atoms with E-state index in [4.69, 9.17) is 0 Å². The Bertz CT molecular complexity index is 1340. The predicted octanol–water partition coefficient (Wildman–Crippen LogP) is 4.54. The van der Waals surface area contributed by atoms with Crippen molar-refractivity contribution < 1.29 is 40.3 Å². The van der Waals surface area contributed by atoms with E-state index in [0.717, 1.165) is 55.7 Å². The summed E-state index contributed by atoms with van der Waals surface area (Å²) >= 11 is 0. The molecule has 0 aromatic rings. The predicted molar refractivity (Wildman–Crippen MR) is 204 cm³/mol. The van der Waals surface area contributed by atoms with Crippen molar-refractivity contribution in [3.63, 3.8) is 0 Å². The Morgan fingerprint density at radius 1 is 0.792 bits per heavy atom. The van der Waals surface area contributed by atoms with Crippen LogP contribution in [0.15, 0.2) is 0 Å². The molecule has 2 amide bonds. The lowest BCUT2D eigenvalue weighted by molar-refractivity contribution is -0.138. The third-order valence-electron chi connectivity index (χ3n) is 11.3. The van der Waals surface area contributed by atoms with Crippen LogP contribution in [0.2, 0.25) is 0 Å². The molecule has 7 unspecified atom stereocenters. The number of carbonyl (C=O) groups excluding carboxylic acids is 2. The van der Waals surface area contributed by atoms with Gasteiger partial charge in [0.25, 0.3) is 0 Å². The lowest BCUT2D eigenvalue weighted by Crippen LogP contribution is -2.55. The summed E-state index contributed by atoms with van der Waals surface area (Å²) in [6, 6.07) is -1.01. The number of hydrogen-bond acceptors (Lipinski definition) is 8. The summed E-state index contributed by atoms with van der Waals surface area (Å²) in [6.45, 7) is 7.07. The summed E-state index contributed by atoms with van der Waals surface area (Å²) < 4.78 is 83.7. The van der Waals surface area contributed by atoms with Gasteiger partial charge in [-0.2, -0.15) is 0 Å². The van der Waals surface area contributed by atoms with Crippen molar-refractivity contribution >= 4 is 31.9 Å². The minimum absolute atomic E-state index is 0.0176. The Balaban J connectivity index is 1.88. The van der Waals surface area contributed by atoms with Crippen molar-refractivity contribution in [2.45, 2.75) is 153 Å². The number of nitrogens with one attached hydrogen (secondary N) is 2. The van der Waals surface area contributed by atoms with Crippen molar-refractivity contribution in [2.75, 3.05) is 46.0 Å². The number of hydrogen-bond donors (Lipinski definition) is 3. The van der Waals surface area contributed by atoms with E-state index in [-0.39, 0.29) is 69.1 Å². The topological polar surface area (TPSA) is 156 Å². The van der Waals surface area contributed by atoms with Crippen LogP contribution in [0.4, 0.5) is 8.78 Å². The largest absolute Gasteiger partial charge is 0.390 e. The smallest absolute Gasteiger partial charge is 0.225 e. The van der Waals surface area contributed by atoms with E-state index in [9.17, 15) is 40.3 Å². The first kappa shape index (κ1) is 45.9. The number of alkyl halides is 2. The van der Waals surface area contributed by atoms with E-state index < -0.39 is 73.4 Å². The zero-order valence-corrected chi connectivity index (χ0v) is 34.5. The number of aliphatic hydroxyl groups is 1. The average molecular weight is 798 g/mol. The number of amides is 2. The number of rotatable bonds is 21. The Labute approximate surface area is 318 Å². The number of unbranched alkanes of at least 4 members (excludes halogenated alkanes) is 1. The second kappa shape index (κ2) is 21.7. The van der Waals surface area contributed by atoms with E-state index in [2.05, 4.69) is 10.1 Å². The van der Waals surface area contributed by atoms with E-state index in [1.54, 1.807) is 4.90 Å². The molecule has 0 aromatic heterocycles. The number of hydrazine groups is 1. The third-order valence-corrected chi connectivity index (χ3v) is 15.0. The molecule has 3 rings (SSSR count). The van der Waals surface area contributed by atoms with Gasteiger partial charge < -0.3 is 15.3 Å². The van der Waals surface area contributed by atoms with Gasteiger partial charge in [0.15, 0.2) is 0 Å². The molecule has 310 valence electrons. The maximum absolute atomic E-state index is 14.6. The van der Waals surface area contributed by atoms with Gasteiger partial charge in [0.1, 0.15) is 12.3 Å². The highest BCUT2D eigenvalue weighted by atomic mass is 32.2. The molecule has 53 heavy (non-hydrogen) atoms. The molecule has 0 heterocycles. The molecule has 0 spiro atoms. The molecule has 0 saturated heterocycles. The van der Waals surface area contributed by atoms with E-state index in [1.165, 1.54) is 19.1 Å². The van der Waals surface area contributed by atoms with Gasteiger partial charge in [0.2, 0.25) is 31.9 Å². The van der Waals surface area contributed by atoms with Crippen molar-refractivity contribution in [3.05, 3.63) is 0 Å². The van der Waals surface area contributed by atoms with Gasteiger partial charge in [-0.3, -0.25) is 9.59 Å². The van der Waals surface area contributed by atoms with Gasteiger partial charge in [0, 0.05) is 58.5 Å². The van der Waals surface area contributed by atoms with E-state index >= 15 is 0 Å². The Morgan fingerprint density at radius 2 is 1.40 bits per heavy atom. The molecule has 3 N–H and O–H groups in total. The number of nitrogens with zero attached hydrogens (tertiary/aromatic N) is 3. The molecular formula is C37H69F2N5O7S2.